The molecule has 0 aliphatic rings. The average molecular weight is 479 g/mol. The Hall–Kier alpha value is -1.65. The standard InChI is InChI=1S/C19H20AsBrN2O3/c1-25-14(24)10-6-3-7-11-20-18-15-16(21)17(13-8-4-2-5-9-13)26-19(15)23-12-22-18/h2,4-5,8-9,12,20H,3,6-7,10-11H2,1H3. The number of hydrogen-bond acceptors (Lipinski definition) is 5. The summed E-state index contributed by atoms with van der Waals surface area (Å²) in [5, 5.41) is 2.13. The fourth-order valence-corrected chi connectivity index (χ4v) is 6.30. The molecule has 0 bridgehead atoms. The molecule has 3 aromatic rings. The summed E-state index contributed by atoms with van der Waals surface area (Å²) in [6.45, 7) is 0. The van der Waals surface area contributed by atoms with Crippen LogP contribution in [0, 0.1) is 0 Å². The van der Waals surface area contributed by atoms with Crippen molar-refractivity contribution < 1.29 is 13.9 Å². The molecule has 0 fully saturated rings. The number of esters is 1. The molecule has 1 aromatic carbocycles. The normalized spacial score (nSPS) is 11.5. The summed E-state index contributed by atoms with van der Waals surface area (Å²) in [6.07, 6.45) is 5.11. The molecule has 26 heavy (non-hydrogen) atoms. The van der Waals surface area contributed by atoms with Gasteiger partial charge in [-0.2, -0.15) is 0 Å². The first-order chi connectivity index (χ1) is 12.7. The first kappa shape index (κ1) is 19.1. The van der Waals surface area contributed by atoms with Crippen LogP contribution in [0.15, 0.2) is 45.5 Å². The van der Waals surface area contributed by atoms with Crippen LogP contribution in [0.4, 0.5) is 0 Å². The second kappa shape index (κ2) is 9.33. The number of halogens is 1. The van der Waals surface area contributed by atoms with Crippen LogP contribution in [-0.2, 0) is 9.53 Å². The van der Waals surface area contributed by atoms with Gasteiger partial charge in [-0.15, -0.1) is 0 Å². The van der Waals surface area contributed by atoms with E-state index in [0.717, 1.165) is 50.1 Å². The molecule has 5 nitrogen and oxygen atoms in total. The van der Waals surface area contributed by atoms with Crippen LogP contribution in [0.5, 0.6) is 0 Å². The number of aromatic nitrogens is 2. The van der Waals surface area contributed by atoms with Crippen molar-refractivity contribution in [2.45, 2.75) is 30.9 Å². The number of carbonyl (C=O) groups is 1. The van der Waals surface area contributed by atoms with Gasteiger partial charge in [0, 0.05) is 0 Å². The fraction of sp³-hybridized carbons (Fsp3) is 0.316. The van der Waals surface area contributed by atoms with Crippen LogP contribution in [0.2, 0.25) is 5.21 Å². The molecule has 0 aliphatic heterocycles. The number of furan rings is 1. The fourth-order valence-electron chi connectivity index (χ4n) is 2.69. The Morgan fingerprint density at radius 3 is 2.77 bits per heavy atom. The zero-order chi connectivity index (χ0) is 18.4. The first-order valence-corrected chi connectivity index (χ1v) is 11.8. The molecule has 0 radical (unpaired) electrons. The maximum absolute atomic E-state index is 11.1. The van der Waals surface area contributed by atoms with Crippen molar-refractivity contribution in [1.29, 1.82) is 0 Å². The van der Waals surface area contributed by atoms with E-state index >= 15 is 0 Å². The van der Waals surface area contributed by atoms with Gasteiger partial charge in [-0.05, 0) is 0 Å². The van der Waals surface area contributed by atoms with Crippen LogP contribution < -0.4 is 4.48 Å². The van der Waals surface area contributed by atoms with Gasteiger partial charge in [0.15, 0.2) is 0 Å². The molecule has 1 unspecified atom stereocenters. The Kier molecular flexibility index (Phi) is 6.86. The zero-order valence-corrected chi connectivity index (χ0v) is 18.2. The Balaban J connectivity index is 1.68. The Labute approximate surface area is 167 Å². The molecule has 0 N–H and O–H groups in total. The molecule has 0 saturated heterocycles. The van der Waals surface area contributed by atoms with E-state index in [1.165, 1.54) is 7.11 Å². The van der Waals surface area contributed by atoms with Gasteiger partial charge in [-0.25, -0.2) is 0 Å². The Bertz CT molecular complexity index is 883. The quantitative estimate of drug-likeness (QED) is 0.279. The molecule has 136 valence electrons. The minimum absolute atomic E-state index is 0.130. The maximum atomic E-state index is 11.1. The van der Waals surface area contributed by atoms with Gasteiger partial charge in [0.05, 0.1) is 0 Å². The van der Waals surface area contributed by atoms with Gasteiger partial charge in [-0.3, -0.25) is 0 Å². The summed E-state index contributed by atoms with van der Waals surface area (Å²) in [5.74, 6) is 0.668. The number of nitrogens with zero attached hydrogens (tertiary/aromatic N) is 2. The van der Waals surface area contributed by atoms with Crippen LogP contribution in [-0.4, -0.2) is 38.8 Å². The van der Waals surface area contributed by atoms with Crippen molar-refractivity contribution >= 4 is 53.2 Å². The van der Waals surface area contributed by atoms with E-state index in [1.54, 1.807) is 6.33 Å². The zero-order valence-electron chi connectivity index (χ0n) is 14.5. The van der Waals surface area contributed by atoms with Crippen LogP contribution in [0.1, 0.15) is 25.7 Å². The summed E-state index contributed by atoms with van der Waals surface area (Å²) in [7, 11) is 1.43. The monoisotopic (exact) mass is 478 g/mol. The summed E-state index contributed by atoms with van der Waals surface area (Å²) in [5.41, 5.74) is 1.65. The third-order valence-corrected chi connectivity index (χ3v) is 7.56. The van der Waals surface area contributed by atoms with Crippen molar-refractivity contribution in [2.24, 2.45) is 0 Å². The van der Waals surface area contributed by atoms with Gasteiger partial charge < -0.3 is 0 Å². The molecule has 1 atom stereocenters. The van der Waals surface area contributed by atoms with Crippen molar-refractivity contribution in [2.75, 3.05) is 7.11 Å². The topological polar surface area (TPSA) is 65.2 Å². The Morgan fingerprint density at radius 2 is 2.00 bits per heavy atom. The van der Waals surface area contributed by atoms with Gasteiger partial charge in [0.1, 0.15) is 0 Å². The van der Waals surface area contributed by atoms with E-state index in [4.69, 9.17) is 4.42 Å². The summed E-state index contributed by atoms with van der Waals surface area (Å²) < 4.78 is 12.7. The predicted octanol–water partition coefficient (Wildman–Crippen LogP) is 3.87. The molecule has 0 amide bonds. The number of ether oxygens (including phenoxy) is 1. The number of fused-ring (bicyclic) bond motifs is 1. The van der Waals surface area contributed by atoms with Crippen molar-refractivity contribution in [1.82, 2.24) is 9.97 Å². The molecule has 0 spiro atoms. The third-order valence-electron chi connectivity index (χ3n) is 4.04. The molecular weight excluding hydrogens is 459 g/mol. The van der Waals surface area contributed by atoms with Crippen molar-refractivity contribution in [3.63, 3.8) is 0 Å². The van der Waals surface area contributed by atoms with E-state index in [0.29, 0.717) is 12.1 Å². The van der Waals surface area contributed by atoms with Crippen LogP contribution >= 0.6 is 15.9 Å². The van der Waals surface area contributed by atoms with E-state index in [9.17, 15) is 4.79 Å². The number of hydrogen-bond donors (Lipinski definition) is 0. The van der Waals surface area contributed by atoms with Gasteiger partial charge in [0.25, 0.3) is 0 Å². The van der Waals surface area contributed by atoms with Crippen molar-refractivity contribution in [3.05, 3.63) is 41.1 Å². The molecular formula is C19H20AsBrN2O3. The predicted molar refractivity (Wildman–Crippen MR) is 107 cm³/mol. The number of benzene rings is 1. The second-order valence-electron chi connectivity index (χ2n) is 5.83. The second-order valence-corrected chi connectivity index (χ2v) is 9.40. The average Bonchev–Trinajstić information content (AvgIpc) is 3.02. The van der Waals surface area contributed by atoms with Crippen LogP contribution in [0.25, 0.3) is 22.4 Å². The first-order valence-electron chi connectivity index (χ1n) is 8.50. The van der Waals surface area contributed by atoms with Gasteiger partial charge >= 0.3 is 168 Å². The van der Waals surface area contributed by atoms with E-state index in [1.807, 2.05) is 30.3 Å². The minimum atomic E-state index is -0.393. The van der Waals surface area contributed by atoms with Crippen molar-refractivity contribution in [3.8, 4) is 11.3 Å². The Morgan fingerprint density at radius 1 is 1.19 bits per heavy atom. The molecule has 2 aromatic heterocycles. The van der Waals surface area contributed by atoms with E-state index < -0.39 is 15.8 Å². The van der Waals surface area contributed by atoms with E-state index in [-0.39, 0.29) is 5.97 Å². The summed E-state index contributed by atoms with van der Waals surface area (Å²) >= 11 is 3.30. The molecule has 0 aliphatic carbocycles. The van der Waals surface area contributed by atoms with Crippen LogP contribution in [0.3, 0.4) is 0 Å². The SMILES string of the molecule is COC(=O)CCCCC[AsH]c1ncnc2oc(-c3ccccc3)c(Br)c12. The van der Waals surface area contributed by atoms with Gasteiger partial charge in [-0.1, -0.05) is 0 Å². The number of rotatable bonds is 8. The molecule has 7 heteroatoms. The number of methoxy groups -OCH3 is 1. The van der Waals surface area contributed by atoms with E-state index in [2.05, 4.69) is 30.6 Å². The third kappa shape index (κ3) is 4.54. The number of carbonyl (C=O) groups excluding carboxylic acids is 1. The number of unbranched alkanes of at least 4 members (excludes halogenated alkanes) is 2. The van der Waals surface area contributed by atoms with Gasteiger partial charge in [0.2, 0.25) is 0 Å². The summed E-state index contributed by atoms with van der Waals surface area (Å²) in [6, 6.07) is 10.0. The molecule has 3 rings (SSSR count). The summed E-state index contributed by atoms with van der Waals surface area (Å²) in [4.78, 5) is 19.9. The molecule has 2 heterocycles. The molecule has 0 saturated carbocycles.